The van der Waals surface area contributed by atoms with Gasteiger partial charge in [0.15, 0.2) is 5.11 Å². The summed E-state index contributed by atoms with van der Waals surface area (Å²) in [6.07, 6.45) is 2.37. The molecule has 1 amide bonds. The zero-order chi connectivity index (χ0) is 20.7. The molecule has 1 aliphatic carbocycles. The highest BCUT2D eigenvalue weighted by molar-refractivity contribution is 7.80. The van der Waals surface area contributed by atoms with Crippen LogP contribution in [0, 0.1) is 0 Å². The molecule has 3 aliphatic rings. The molecular weight excluding hydrogens is 418 g/mol. The maximum Gasteiger partial charge on any atom is 0.411 e. The Morgan fingerprint density at radius 3 is 2.67 bits per heavy atom. The van der Waals surface area contributed by atoms with E-state index in [1.807, 2.05) is 35.2 Å². The number of thiocarbonyl (C=S) groups is 1. The van der Waals surface area contributed by atoms with Crippen molar-refractivity contribution >= 4 is 35.0 Å². The average molecular weight is 442 g/mol. The summed E-state index contributed by atoms with van der Waals surface area (Å²) in [5, 5.41) is 4.80. The fraction of sp³-hybridized carbons (Fsp3) is 0.391. The fourth-order valence-corrected chi connectivity index (χ4v) is 5.38. The molecule has 0 unspecified atom stereocenters. The lowest BCUT2D eigenvalue weighted by Crippen LogP contribution is -2.50. The molecule has 0 bridgehead atoms. The van der Waals surface area contributed by atoms with Crippen molar-refractivity contribution in [2.45, 2.75) is 44.0 Å². The highest BCUT2D eigenvalue weighted by atomic mass is 35.5. The van der Waals surface area contributed by atoms with Gasteiger partial charge in [0.2, 0.25) is 0 Å². The summed E-state index contributed by atoms with van der Waals surface area (Å²) in [5.74, 6) is 0. The molecule has 2 aromatic rings. The topological polar surface area (TPSA) is 44.8 Å². The molecule has 2 heterocycles. The maximum atomic E-state index is 12.6. The minimum atomic E-state index is -0.169. The number of hydrogen-bond acceptors (Lipinski definition) is 3. The third kappa shape index (κ3) is 3.52. The van der Waals surface area contributed by atoms with Gasteiger partial charge < -0.3 is 15.0 Å². The zero-order valence-electron chi connectivity index (χ0n) is 16.6. The fourth-order valence-electron chi connectivity index (χ4n) is 4.92. The van der Waals surface area contributed by atoms with Gasteiger partial charge in [-0.3, -0.25) is 4.90 Å². The second-order valence-corrected chi connectivity index (χ2v) is 8.94. The molecule has 30 heavy (non-hydrogen) atoms. The Balaban J connectivity index is 1.20. The van der Waals surface area contributed by atoms with Crippen molar-refractivity contribution in [3.05, 3.63) is 70.2 Å². The van der Waals surface area contributed by atoms with E-state index in [1.165, 1.54) is 11.1 Å². The van der Waals surface area contributed by atoms with Crippen LogP contribution in [0.15, 0.2) is 48.5 Å². The summed E-state index contributed by atoms with van der Waals surface area (Å²) in [6.45, 7) is 2.25. The molecule has 2 saturated heterocycles. The molecule has 5 nitrogen and oxygen atoms in total. The van der Waals surface area contributed by atoms with Crippen LogP contribution in [0.25, 0.3) is 0 Å². The third-order valence-corrected chi connectivity index (χ3v) is 7.21. The molecule has 7 heteroatoms. The van der Waals surface area contributed by atoms with E-state index in [2.05, 4.69) is 28.4 Å². The van der Waals surface area contributed by atoms with E-state index >= 15 is 0 Å². The number of fused-ring (bicyclic) bond motifs is 3. The Bertz CT molecular complexity index is 976. The summed E-state index contributed by atoms with van der Waals surface area (Å²) < 4.78 is 5.73. The first-order valence-electron chi connectivity index (χ1n) is 10.4. The normalized spacial score (nSPS) is 23.2. The van der Waals surface area contributed by atoms with Crippen molar-refractivity contribution in [3.63, 3.8) is 0 Å². The molecule has 2 fully saturated rings. The molecule has 5 rings (SSSR count). The first-order valence-corrected chi connectivity index (χ1v) is 11.2. The predicted octanol–water partition coefficient (Wildman–Crippen LogP) is 4.30. The van der Waals surface area contributed by atoms with Crippen molar-refractivity contribution < 1.29 is 9.53 Å². The zero-order valence-corrected chi connectivity index (χ0v) is 18.2. The highest BCUT2D eigenvalue weighted by Crippen LogP contribution is 2.44. The van der Waals surface area contributed by atoms with Crippen molar-refractivity contribution in [1.29, 1.82) is 0 Å². The Kier molecular flexibility index (Phi) is 5.29. The smallest absolute Gasteiger partial charge is 0.411 e. The van der Waals surface area contributed by atoms with Crippen LogP contribution in [0.5, 0.6) is 0 Å². The number of ether oxygens (including phenoxy) is 1. The predicted molar refractivity (Wildman–Crippen MR) is 120 cm³/mol. The van der Waals surface area contributed by atoms with Gasteiger partial charge in [-0.15, -0.1) is 0 Å². The second kappa shape index (κ2) is 8.08. The monoisotopic (exact) mass is 441 g/mol. The lowest BCUT2D eigenvalue weighted by atomic mass is 9.99. The van der Waals surface area contributed by atoms with Gasteiger partial charge in [0.25, 0.3) is 0 Å². The number of amides is 1. The summed E-state index contributed by atoms with van der Waals surface area (Å²) in [5.41, 5.74) is 3.57. The first kappa shape index (κ1) is 19.6. The number of carbonyl (C=O) groups excluding carboxylic acids is 1. The minimum Gasteiger partial charge on any atom is -0.443 e. The van der Waals surface area contributed by atoms with Crippen LogP contribution in [0.1, 0.15) is 35.6 Å². The molecule has 2 atom stereocenters. The van der Waals surface area contributed by atoms with Crippen LogP contribution >= 0.6 is 23.8 Å². The number of rotatable bonds is 3. The SMILES string of the molecule is O=C1O[C@H]2Cc3ccccc3[C@H]2N1C1CCN(C(=S)NCc2ccccc2Cl)CC1. The van der Waals surface area contributed by atoms with E-state index in [4.69, 9.17) is 28.6 Å². The lowest BCUT2D eigenvalue weighted by Gasteiger charge is -2.38. The number of halogens is 1. The number of benzene rings is 2. The Hall–Kier alpha value is -2.31. The number of hydrogen-bond donors (Lipinski definition) is 1. The van der Waals surface area contributed by atoms with Gasteiger partial charge in [-0.1, -0.05) is 54.1 Å². The van der Waals surface area contributed by atoms with Crippen LogP contribution in [-0.4, -0.2) is 46.2 Å². The number of carbonyl (C=O) groups is 1. The molecule has 2 aliphatic heterocycles. The molecule has 0 radical (unpaired) electrons. The summed E-state index contributed by atoms with van der Waals surface area (Å²) in [4.78, 5) is 16.8. The van der Waals surface area contributed by atoms with E-state index in [0.717, 1.165) is 48.1 Å². The van der Waals surface area contributed by atoms with Crippen LogP contribution in [-0.2, 0) is 17.7 Å². The lowest BCUT2D eigenvalue weighted by molar-refractivity contribution is 0.118. The molecule has 0 aromatic heterocycles. The molecular formula is C23H24ClN3O2S. The van der Waals surface area contributed by atoms with Gasteiger partial charge in [0, 0.05) is 37.1 Å². The molecule has 0 spiro atoms. The van der Waals surface area contributed by atoms with Gasteiger partial charge in [-0.25, -0.2) is 4.79 Å². The second-order valence-electron chi connectivity index (χ2n) is 8.15. The number of nitrogens with zero attached hydrogens (tertiary/aromatic N) is 2. The van der Waals surface area contributed by atoms with Crippen molar-refractivity contribution in [3.8, 4) is 0 Å². The maximum absolute atomic E-state index is 12.6. The van der Waals surface area contributed by atoms with Crippen LogP contribution in [0.4, 0.5) is 4.79 Å². The quantitative estimate of drug-likeness (QED) is 0.719. The summed E-state index contributed by atoms with van der Waals surface area (Å²) in [6, 6.07) is 16.4. The van der Waals surface area contributed by atoms with Gasteiger partial charge in [-0.2, -0.15) is 0 Å². The highest BCUT2D eigenvalue weighted by Gasteiger charge is 2.50. The molecule has 156 valence electrons. The Morgan fingerprint density at radius 2 is 1.87 bits per heavy atom. The summed E-state index contributed by atoms with van der Waals surface area (Å²) in [7, 11) is 0. The van der Waals surface area contributed by atoms with Crippen LogP contribution in [0.2, 0.25) is 5.02 Å². The first-order chi connectivity index (χ1) is 14.6. The van der Waals surface area contributed by atoms with Crippen LogP contribution in [0.3, 0.4) is 0 Å². The third-order valence-electron chi connectivity index (χ3n) is 6.44. The van der Waals surface area contributed by atoms with Crippen LogP contribution < -0.4 is 5.32 Å². The number of nitrogens with one attached hydrogen (secondary N) is 1. The average Bonchev–Trinajstić information content (AvgIpc) is 3.27. The van der Waals surface area contributed by atoms with Crippen molar-refractivity contribution in [2.24, 2.45) is 0 Å². The van der Waals surface area contributed by atoms with Crippen molar-refractivity contribution in [2.75, 3.05) is 13.1 Å². The van der Waals surface area contributed by atoms with E-state index in [0.29, 0.717) is 6.54 Å². The Labute approximate surface area is 186 Å². The number of piperidine rings is 1. The van der Waals surface area contributed by atoms with Crippen molar-refractivity contribution in [1.82, 2.24) is 15.1 Å². The number of likely N-dealkylation sites (tertiary alicyclic amines) is 1. The molecule has 0 saturated carbocycles. The van der Waals surface area contributed by atoms with Gasteiger partial charge in [0.1, 0.15) is 6.10 Å². The standard InChI is InChI=1S/C23H24ClN3O2S/c24-19-8-4-2-6-16(19)14-25-22(30)26-11-9-17(10-12-26)27-21-18-7-3-1-5-15(18)13-20(21)29-23(27)28/h1-8,17,20-21H,9-14H2,(H,25,30)/t20-,21+/m0/s1. The van der Waals surface area contributed by atoms with Gasteiger partial charge in [0.05, 0.1) is 6.04 Å². The largest absolute Gasteiger partial charge is 0.443 e. The Morgan fingerprint density at radius 1 is 1.13 bits per heavy atom. The molecule has 1 N–H and O–H groups in total. The van der Waals surface area contributed by atoms with Gasteiger partial charge >= 0.3 is 6.09 Å². The molecule has 2 aromatic carbocycles. The van der Waals surface area contributed by atoms with E-state index < -0.39 is 0 Å². The van der Waals surface area contributed by atoms with E-state index in [-0.39, 0.29) is 24.3 Å². The summed E-state index contributed by atoms with van der Waals surface area (Å²) >= 11 is 11.8. The van der Waals surface area contributed by atoms with E-state index in [1.54, 1.807) is 0 Å². The van der Waals surface area contributed by atoms with Gasteiger partial charge in [-0.05, 0) is 47.8 Å². The van der Waals surface area contributed by atoms with E-state index in [9.17, 15) is 4.79 Å². The minimum absolute atomic E-state index is 0.0497.